The predicted molar refractivity (Wildman–Crippen MR) is 77.4 cm³/mol. The van der Waals surface area contributed by atoms with Gasteiger partial charge in [0, 0.05) is 23.8 Å². The van der Waals surface area contributed by atoms with E-state index in [0.717, 1.165) is 18.3 Å². The number of benzene rings is 1. The standard InChI is InChI=1S/C14H21BrN2/c1-10-7-12(10)9-17(2)13-4-3-11(5-6-16)14(15)8-13/h3-4,8,10,12H,5-7,9,16H2,1-2H3. The molecule has 0 radical (unpaired) electrons. The van der Waals surface area contributed by atoms with Crippen molar-refractivity contribution in [2.24, 2.45) is 17.6 Å². The fourth-order valence-electron chi connectivity index (χ4n) is 2.24. The quantitative estimate of drug-likeness (QED) is 0.905. The topological polar surface area (TPSA) is 29.3 Å². The van der Waals surface area contributed by atoms with Crippen molar-refractivity contribution in [3.05, 3.63) is 28.2 Å². The molecule has 0 amide bonds. The van der Waals surface area contributed by atoms with Crippen LogP contribution in [0.1, 0.15) is 18.9 Å². The third-order valence-electron chi connectivity index (χ3n) is 3.68. The molecule has 17 heavy (non-hydrogen) atoms. The maximum absolute atomic E-state index is 5.59. The van der Waals surface area contributed by atoms with Crippen LogP contribution < -0.4 is 10.6 Å². The first-order valence-corrected chi connectivity index (χ1v) is 7.10. The van der Waals surface area contributed by atoms with Crippen LogP contribution in [0.25, 0.3) is 0 Å². The average molecular weight is 297 g/mol. The third-order valence-corrected chi connectivity index (χ3v) is 4.41. The molecule has 0 bridgehead atoms. The number of hydrogen-bond acceptors (Lipinski definition) is 2. The molecular formula is C14H21BrN2. The molecule has 1 aliphatic rings. The van der Waals surface area contributed by atoms with Crippen molar-refractivity contribution in [2.45, 2.75) is 19.8 Å². The number of halogens is 1. The zero-order valence-corrected chi connectivity index (χ0v) is 12.2. The summed E-state index contributed by atoms with van der Waals surface area (Å²) in [7, 11) is 2.18. The molecule has 3 heteroatoms. The molecule has 2 rings (SSSR count). The molecule has 1 aromatic rings. The summed E-state index contributed by atoms with van der Waals surface area (Å²) >= 11 is 3.63. The Labute approximate surface area is 112 Å². The summed E-state index contributed by atoms with van der Waals surface area (Å²) in [6, 6.07) is 6.58. The van der Waals surface area contributed by atoms with E-state index < -0.39 is 0 Å². The molecule has 1 saturated carbocycles. The van der Waals surface area contributed by atoms with Gasteiger partial charge in [-0.15, -0.1) is 0 Å². The minimum absolute atomic E-state index is 0.702. The Balaban J connectivity index is 2.02. The van der Waals surface area contributed by atoms with Gasteiger partial charge in [-0.3, -0.25) is 0 Å². The van der Waals surface area contributed by atoms with E-state index in [9.17, 15) is 0 Å². The van der Waals surface area contributed by atoms with Crippen LogP contribution in [0.4, 0.5) is 5.69 Å². The highest BCUT2D eigenvalue weighted by molar-refractivity contribution is 9.10. The molecule has 2 unspecified atom stereocenters. The fourth-order valence-corrected chi connectivity index (χ4v) is 2.81. The van der Waals surface area contributed by atoms with Gasteiger partial charge in [-0.05, 0) is 48.9 Å². The lowest BCUT2D eigenvalue weighted by molar-refractivity contribution is 0.725. The first-order valence-electron chi connectivity index (χ1n) is 6.31. The fraction of sp³-hybridized carbons (Fsp3) is 0.571. The van der Waals surface area contributed by atoms with Gasteiger partial charge in [-0.1, -0.05) is 28.9 Å². The number of anilines is 1. The summed E-state index contributed by atoms with van der Waals surface area (Å²) in [4.78, 5) is 2.35. The Bertz CT molecular complexity index is 392. The number of hydrogen-bond donors (Lipinski definition) is 1. The summed E-state index contributed by atoms with van der Waals surface area (Å²) in [5.74, 6) is 1.81. The van der Waals surface area contributed by atoms with E-state index in [2.05, 4.69) is 53.0 Å². The van der Waals surface area contributed by atoms with E-state index in [-0.39, 0.29) is 0 Å². The second kappa shape index (κ2) is 5.40. The van der Waals surface area contributed by atoms with Crippen LogP contribution in [0, 0.1) is 11.8 Å². The molecule has 0 aromatic heterocycles. The van der Waals surface area contributed by atoms with Gasteiger partial charge in [0.05, 0.1) is 0 Å². The molecular weight excluding hydrogens is 276 g/mol. The van der Waals surface area contributed by atoms with Gasteiger partial charge in [-0.25, -0.2) is 0 Å². The summed E-state index contributed by atoms with van der Waals surface area (Å²) < 4.78 is 1.18. The molecule has 2 N–H and O–H groups in total. The number of nitrogens with zero attached hydrogens (tertiary/aromatic N) is 1. The van der Waals surface area contributed by atoms with E-state index >= 15 is 0 Å². The van der Waals surface area contributed by atoms with E-state index in [1.54, 1.807) is 0 Å². The lowest BCUT2D eigenvalue weighted by atomic mass is 10.1. The maximum Gasteiger partial charge on any atom is 0.0375 e. The summed E-state index contributed by atoms with van der Waals surface area (Å²) in [5, 5.41) is 0. The highest BCUT2D eigenvalue weighted by Crippen LogP contribution is 2.39. The van der Waals surface area contributed by atoms with E-state index in [1.165, 1.54) is 28.7 Å². The smallest absolute Gasteiger partial charge is 0.0375 e. The van der Waals surface area contributed by atoms with E-state index in [1.807, 2.05) is 0 Å². The third kappa shape index (κ3) is 3.23. The first kappa shape index (κ1) is 12.9. The SMILES string of the molecule is CC1CC1CN(C)c1ccc(CCN)c(Br)c1. The maximum atomic E-state index is 5.59. The molecule has 0 saturated heterocycles. The monoisotopic (exact) mass is 296 g/mol. The van der Waals surface area contributed by atoms with Gasteiger partial charge < -0.3 is 10.6 Å². The Morgan fingerprint density at radius 2 is 2.18 bits per heavy atom. The van der Waals surface area contributed by atoms with Crippen molar-refractivity contribution in [1.82, 2.24) is 0 Å². The molecule has 0 spiro atoms. The Morgan fingerprint density at radius 3 is 2.71 bits per heavy atom. The minimum Gasteiger partial charge on any atom is -0.374 e. The van der Waals surface area contributed by atoms with Gasteiger partial charge in [0.25, 0.3) is 0 Å². The first-order chi connectivity index (χ1) is 8.11. The van der Waals surface area contributed by atoms with Crippen LogP contribution in [0.5, 0.6) is 0 Å². The zero-order valence-electron chi connectivity index (χ0n) is 10.6. The summed E-state index contributed by atoms with van der Waals surface area (Å²) in [6.07, 6.45) is 2.32. The Kier molecular flexibility index (Phi) is 4.10. The van der Waals surface area contributed by atoms with Crippen LogP contribution in [0.2, 0.25) is 0 Å². The van der Waals surface area contributed by atoms with Gasteiger partial charge in [-0.2, -0.15) is 0 Å². The predicted octanol–water partition coefficient (Wildman–Crippen LogP) is 3.04. The molecule has 2 nitrogen and oxygen atoms in total. The lowest BCUT2D eigenvalue weighted by Crippen LogP contribution is -2.20. The van der Waals surface area contributed by atoms with Crippen LogP contribution in [0.3, 0.4) is 0 Å². The van der Waals surface area contributed by atoms with Crippen molar-refractivity contribution >= 4 is 21.6 Å². The molecule has 0 heterocycles. The summed E-state index contributed by atoms with van der Waals surface area (Å²) in [5.41, 5.74) is 8.17. The normalized spacial score (nSPS) is 22.6. The summed E-state index contributed by atoms with van der Waals surface area (Å²) in [6.45, 7) is 4.20. The second-order valence-corrected chi connectivity index (χ2v) is 6.02. The molecule has 2 atom stereocenters. The molecule has 1 fully saturated rings. The molecule has 1 aromatic carbocycles. The van der Waals surface area contributed by atoms with Crippen LogP contribution in [-0.2, 0) is 6.42 Å². The van der Waals surface area contributed by atoms with Gasteiger partial charge in [0.1, 0.15) is 0 Å². The van der Waals surface area contributed by atoms with Gasteiger partial charge >= 0.3 is 0 Å². The van der Waals surface area contributed by atoms with Crippen LogP contribution >= 0.6 is 15.9 Å². The van der Waals surface area contributed by atoms with Crippen LogP contribution in [0.15, 0.2) is 22.7 Å². The van der Waals surface area contributed by atoms with Crippen molar-refractivity contribution < 1.29 is 0 Å². The number of nitrogens with two attached hydrogens (primary N) is 1. The minimum atomic E-state index is 0.702. The number of rotatable bonds is 5. The molecule has 94 valence electrons. The zero-order chi connectivity index (χ0) is 12.4. The van der Waals surface area contributed by atoms with Gasteiger partial charge in [0.2, 0.25) is 0 Å². The van der Waals surface area contributed by atoms with Crippen molar-refractivity contribution in [1.29, 1.82) is 0 Å². The molecule has 1 aliphatic carbocycles. The molecule has 0 aliphatic heterocycles. The lowest BCUT2D eigenvalue weighted by Gasteiger charge is -2.20. The Hall–Kier alpha value is -0.540. The van der Waals surface area contributed by atoms with Crippen molar-refractivity contribution in [3.63, 3.8) is 0 Å². The average Bonchev–Trinajstić information content (AvgIpc) is 2.97. The van der Waals surface area contributed by atoms with E-state index in [4.69, 9.17) is 5.73 Å². The second-order valence-electron chi connectivity index (χ2n) is 5.17. The van der Waals surface area contributed by atoms with Crippen molar-refractivity contribution in [2.75, 3.05) is 25.0 Å². The highest BCUT2D eigenvalue weighted by Gasteiger charge is 2.33. The Morgan fingerprint density at radius 1 is 1.47 bits per heavy atom. The highest BCUT2D eigenvalue weighted by atomic mass is 79.9. The van der Waals surface area contributed by atoms with Crippen LogP contribution in [-0.4, -0.2) is 20.1 Å². The van der Waals surface area contributed by atoms with Crippen molar-refractivity contribution in [3.8, 4) is 0 Å². The van der Waals surface area contributed by atoms with Gasteiger partial charge in [0.15, 0.2) is 0 Å². The van der Waals surface area contributed by atoms with E-state index in [0.29, 0.717) is 6.54 Å². The largest absolute Gasteiger partial charge is 0.374 e.